The number of amides is 1. The average molecular weight is 430 g/mol. The minimum atomic E-state index is -3.49. The molecule has 0 spiro atoms. The van der Waals surface area contributed by atoms with Crippen molar-refractivity contribution in [3.05, 3.63) is 65.2 Å². The Labute approximate surface area is 175 Å². The van der Waals surface area contributed by atoms with Gasteiger partial charge in [-0.15, -0.1) is 11.3 Å². The second-order valence-corrected chi connectivity index (χ2v) is 9.74. The van der Waals surface area contributed by atoms with Crippen molar-refractivity contribution in [3.8, 4) is 10.6 Å². The van der Waals surface area contributed by atoms with Gasteiger partial charge in [-0.3, -0.25) is 4.79 Å². The molecule has 0 aliphatic rings. The zero-order valence-electron chi connectivity index (χ0n) is 16.5. The van der Waals surface area contributed by atoms with Gasteiger partial charge in [0.25, 0.3) is 0 Å². The molecule has 0 unspecified atom stereocenters. The Morgan fingerprint density at radius 1 is 1.07 bits per heavy atom. The summed E-state index contributed by atoms with van der Waals surface area (Å²) in [5.74, 6) is -0.202. The fourth-order valence-electron chi connectivity index (χ4n) is 2.69. The zero-order valence-corrected chi connectivity index (χ0v) is 18.2. The Kier molecular flexibility index (Phi) is 6.46. The number of hydrogen-bond donors (Lipinski definition) is 1. The Balaban J connectivity index is 1.63. The molecule has 0 saturated heterocycles. The van der Waals surface area contributed by atoms with Crippen molar-refractivity contribution in [2.45, 2.75) is 24.7 Å². The van der Waals surface area contributed by atoms with E-state index in [2.05, 4.69) is 29.4 Å². The summed E-state index contributed by atoms with van der Waals surface area (Å²) in [6.07, 6.45) is 1.15. The van der Waals surface area contributed by atoms with Crippen molar-refractivity contribution in [1.29, 1.82) is 0 Å². The highest BCUT2D eigenvalue weighted by molar-refractivity contribution is 7.89. The Hall–Kier alpha value is -2.55. The van der Waals surface area contributed by atoms with Crippen LogP contribution in [-0.2, 0) is 27.7 Å². The normalized spacial score (nSPS) is 11.6. The van der Waals surface area contributed by atoms with Gasteiger partial charge in [0, 0.05) is 30.7 Å². The molecule has 1 N–H and O–H groups in total. The van der Waals surface area contributed by atoms with Gasteiger partial charge >= 0.3 is 0 Å². The van der Waals surface area contributed by atoms with E-state index in [4.69, 9.17) is 0 Å². The van der Waals surface area contributed by atoms with Gasteiger partial charge in [0.15, 0.2) is 0 Å². The van der Waals surface area contributed by atoms with Crippen LogP contribution in [0.15, 0.2) is 58.8 Å². The molecule has 29 heavy (non-hydrogen) atoms. The monoisotopic (exact) mass is 429 g/mol. The predicted molar refractivity (Wildman–Crippen MR) is 117 cm³/mol. The molecule has 1 aromatic heterocycles. The average Bonchev–Trinajstić information content (AvgIpc) is 3.16. The molecule has 2 aromatic carbocycles. The maximum absolute atomic E-state index is 12.3. The third kappa shape index (κ3) is 5.09. The number of hydrogen-bond acceptors (Lipinski definition) is 5. The van der Waals surface area contributed by atoms with Crippen LogP contribution in [0.1, 0.15) is 18.2 Å². The van der Waals surface area contributed by atoms with E-state index in [-0.39, 0.29) is 17.2 Å². The number of thiazole rings is 1. The van der Waals surface area contributed by atoms with Crippen LogP contribution < -0.4 is 5.32 Å². The maximum Gasteiger partial charge on any atom is 0.242 e. The highest BCUT2D eigenvalue weighted by Crippen LogP contribution is 2.24. The van der Waals surface area contributed by atoms with Gasteiger partial charge in [0.1, 0.15) is 5.01 Å². The molecular formula is C21H23N3O3S2. The molecule has 3 aromatic rings. The fourth-order valence-corrected chi connectivity index (χ4v) is 4.42. The maximum atomic E-state index is 12.3. The number of aromatic nitrogens is 1. The zero-order chi connectivity index (χ0) is 21.0. The first-order valence-electron chi connectivity index (χ1n) is 9.15. The van der Waals surface area contributed by atoms with E-state index in [9.17, 15) is 13.2 Å². The number of carbonyl (C=O) groups is 1. The molecule has 0 bridgehead atoms. The van der Waals surface area contributed by atoms with E-state index in [1.54, 1.807) is 12.1 Å². The first-order chi connectivity index (χ1) is 13.8. The topological polar surface area (TPSA) is 79.4 Å². The van der Waals surface area contributed by atoms with Crippen LogP contribution >= 0.6 is 11.3 Å². The van der Waals surface area contributed by atoms with E-state index in [0.29, 0.717) is 11.4 Å². The first-order valence-corrected chi connectivity index (χ1v) is 11.5. The third-order valence-electron chi connectivity index (χ3n) is 4.42. The van der Waals surface area contributed by atoms with Gasteiger partial charge in [0.05, 0.1) is 17.0 Å². The van der Waals surface area contributed by atoms with E-state index in [0.717, 1.165) is 21.3 Å². The molecule has 8 heteroatoms. The minimum absolute atomic E-state index is 0.154. The number of nitrogens with one attached hydrogen (secondary N) is 1. The lowest BCUT2D eigenvalue weighted by Gasteiger charge is -2.11. The van der Waals surface area contributed by atoms with Crippen LogP contribution in [0.5, 0.6) is 0 Å². The molecule has 6 nitrogen and oxygen atoms in total. The molecule has 0 aliphatic heterocycles. The van der Waals surface area contributed by atoms with Crippen molar-refractivity contribution in [2.24, 2.45) is 0 Å². The number of anilines is 1. The number of carbonyl (C=O) groups excluding carboxylic acids is 1. The fraction of sp³-hybridized carbons (Fsp3) is 0.238. The van der Waals surface area contributed by atoms with Gasteiger partial charge in [-0.05, 0) is 36.2 Å². The molecule has 0 saturated carbocycles. The first kappa shape index (κ1) is 21.2. The lowest BCUT2D eigenvalue weighted by Crippen LogP contribution is -2.22. The highest BCUT2D eigenvalue weighted by atomic mass is 32.2. The number of benzene rings is 2. The van der Waals surface area contributed by atoms with Gasteiger partial charge in [0.2, 0.25) is 15.9 Å². The smallest absolute Gasteiger partial charge is 0.242 e. The Morgan fingerprint density at radius 2 is 1.72 bits per heavy atom. The summed E-state index contributed by atoms with van der Waals surface area (Å²) >= 11 is 1.51. The van der Waals surface area contributed by atoms with Crippen LogP contribution in [0.4, 0.5) is 5.69 Å². The quantitative estimate of drug-likeness (QED) is 0.619. The summed E-state index contributed by atoms with van der Waals surface area (Å²) in [4.78, 5) is 17.1. The van der Waals surface area contributed by atoms with E-state index in [1.807, 2.05) is 17.5 Å². The molecule has 0 radical (unpaired) electrons. The van der Waals surface area contributed by atoms with Gasteiger partial charge in [-0.2, -0.15) is 0 Å². The standard InChI is InChI=1S/C21H23N3O3S2/c1-4-15-5-7-16(8-6-15)21-23-18(14-28-21)13-20(25)22-17-9-11-19(12-10-17)29(26,27)24(2)3/h5-12,14H,4,13H2,1-3H3,(H,22,25). The van der Waals surface area contributed by atoms with E-state index >= 15 is 0 Å². The van der Waals surface area contributed by atoms with Crippen LogP contribution in [0.2, 0.25) is 0 Å². The summed E-state index contributed by atoms with van der Waals surface area (Å²) in [6.45, 7) is 2.11. The van der Waals surface area contributed by atoms with Crippen LogP contribution in [-0.4, -0.2) is 37.7 Å². The van der Waals surface area contributed by atoms with Crippen molar-refractivity contribution >= 4 is 33.0 Å². The predicted octanol–water partition coefficient (Wildman–Crippen LogP) is 3.80. The number of rotatable bonds is 7. The van der Waals surface area contributed by atoms with Crippen LogP contribution in [0.3, 0.4) is 0 Å². The summed E-state index contributed by atoms with van der Waals surface area (Å²) < 4.78 is 25.3. The highest BCUT2D eigenvalue weighted by Gasteiger charge is 2.17. The van der Waals surface area contributed by atoms with E-state index in [1.165, 1.54) is 43.1 Å². The number of nitrogens with zero attached hydrogens (tertiary/aromatic N) is 2. The Morgan fingerprint density at radius 3 is 2.31 bits per heavy atom. The van der Waals surface area contributed by atoms with Crippen molar-refractivity contribution in [2.75, 3.05) is 19.4 Å². The summed E-state index contributed by atoms with van der Waals surface area (Å²) in [7, 11) is -0.532. The molecule has 3 rings (SSSR count). The largest absolute Gasteiger partial charge is 0.326 e. The second kappa shape index (κ2) is 8.86. The molecule has 0 fully saturated rings. The SMILES string of the molecule is CCc1ccc(-c2nc(CC(=O)Nc3ccc(S(=O)(=O)N(C)C)cc3)cs2)cc1. The van der Waals surface area contributed by atoms with Crippen LogP contribution in [0, 0.1) is 0 Å². The van der Waals surface area contributed by atoms with Crippen molar-refractivity contribution in [1.82, 2.24) is 9.29 Å². The summed E-state index contributed by atoms with van der Waals surface area (Å²) in [5.41, 5.74) is 3.55. The second-order valence-electron chi connectivity index (χ2n) is 6.73. The lowest BCUT2D eigenvalue weighted by atomic mass is 10.1. The number of aryl methyl sites for hydroxylation is 1. The van der Waals surface area contributed by atoms with Crippen LogP contribution in [0.25, 0.3) is 10.6 Å². The lowest BCUT2D eigenvalue weighted by molar-refractivity contribution is -0.115. The summed E-state index contributed by atoms with van der Waals surface area (Å²) in [6, 6.07) is 14.4. The van der Waals surface area contributed by atoms with Gasteiger partial charge in [-0.25, -0.2) is 17.7 Å². The van der Waals surface area contributed by atoms with Crippen molar-refractivity contribution < 1.29 is 13.2 Å². The molecular weight excluding hydrogens is 406 g/mol. The van der Waals surface area contributed by atoms with E-state index < -0.39 is 10.0 Å². The number of sulfonamides is 1. The Bertz CT molecular complexity index is 1090. The van der Waals surface area contributed by atoms with Gasteiger partial charge in [-0.1, -0.05) is 31.2 Å². The molecule has 0 aliphatic carbocycles. The third-order valence-corrected chi connectivity index (χ3v) is 7.19. The molecule has 1 amide bonds. The van der Waals surface area contributed by atoms with Gasteiger partial charge < -0.3 is 5.32 Å². The van der Waals surface area contributed by atoms with Crippen molar-refractivity contribution in [3.63, 3.8) is 0 Å². The molecule has 152 valence electrons. The molecule has 1 heterocycles. The minimum Gasteiger partial charge on any atom is -0.326 e. The molecule has 0 atom stereocenters. The summed E-state index contributed by atoms with van der Waals surface area (Å²) in [5, 5.41) is 5.55.